The fourth-order valence-electron chi connectivity index (χ4n) is 2.13. The van der Waals surface area contributed by atoms with Gasteiger partial charge in [0, 0.05) is 12.6 Å². The summed E-state index contributed by atoms with van der Waals surface area (Å²) in [5.41, 5.74) is -0.418. The molecular weight excluding hydrogens is 291 g/mol. The van der Waals surface area contributed by atoms with Gasteiger partial charge in [0.2, 0.25) is 10.0 Å². The van der Waals surface area contributed by atoms with Crippen molar-refractivity contribution in [2.75, 3.05) is 6.54 Å². The van der Waals surface area contributed by atoms with Crippen LogP contribution in [-0.2, 0) is 10.0 Å². The number of rotatable bonds is 7. The van der Waals surface area contributed by atoms with E-state index < -0.39 is 21.4 Å². The van der Waals surface area contributed by atoms with Crippen LogP contribution < -0.4 is 0 Å². The molecule has 0 atom stereocenters. The molecule has 0 saturated heterocycles. The van der Waals surface area contributed by atoms with E-state index in [0.29, 0.717) is 6.54 Å². The molecule has 1 aromatic rings. The van der Waals surface area contributed by atoms with Crippen LogP contribution in [0.5, 0.6) is 0 Å². The van der Waals surface area contributed by atoms with E-state index in [1.807, 2.05) is 6.92 Å². The zero-order valence-electron chi connectivity index (χ0n) is 12.6. The summed E-state index contributed by atoms with van der Waals surface area (Å²) < 4.78 is 40.4. The van der Waals surface area contributed by atoms with Gasteiger partial charge in [0.05, 0.1) is 0 Å². The molecule has 0 amide bonds. The minimum atomic E-state index is -3.88. The number of benzene rings is 1. The minimum absolute atomic E-state index is 0.248. The molecule has 1 aromatic carbocycles. The van der Waals surface area contributed by atoms with Gasteiger partial charge in [-0.15, -0.1) is 0 Å². The van der Waals surface area contributed by atoms with Gasteiger partial charge < -0.3 is 0 Å². The summed E-state index contributed by atoms with van der Waals surface area (Å²) in [4.78, 5) is -0.254. The highest BCUT2D eigenvalue weighted by molar-refractivity contribution is 7.89. The van der Waals surface area contributed by atoms with Gasteiger partial charge in [-0.1, -0.05) is 25.8 Å². The molecule has 0 N–H and O–H groups in total. The molecule has 0 fully saturated rings. The maximum atomic E-state index is 13.6. The van der Waals surface area contributed by atoms with Crippen LogP contribution in [0.25, 0.3) is 0 Å². The standard InChI is InChI=1S/C15H21FN2O2S/c1-4-5-6-10-18(12(2)3)21(19,20)15-9-7-8-14(16)13(15)11-17/h7-9,12H,4-6,10H2,1-3H3. The molecule has 0 unspecified atom stereocenters. The number of hydrogen-bond donors (Lipinski definition) is 0. The van der Waals surface area contributed by atoms with Gasteiger partial charge in [-0.05, 0) is 32.4 Å². The van der Waals surface area contributed by atoms with E-state index in [2.05, 4.69) is 0 Å². The zero-order valence-corrected chi connectivity index (χ0v) is 13.5. The maximum absolute atomic E-state index is 13.6. The molecule has 0 radical (unpaired) electrons. The third kappa shape index (κ3) is 4.02. The number of unbranched alkanes of at least 4 members (excludes halogenated alkanes) is 2. The van der Waals surface area contributed by atoms with Crippen molar-refractivity contribution in [1.29, 1.82) is 5.26 Å². The quantitative estimate of drug-likeness (QED) is 0.726. The second-order valence-corrected chi connectivity index (χ2v) is 7.00. The summed E-state index contributed by atoms with van der Waals surface area (Å²) in [6.45, 7) is 5.95. The van der Waals surface area contributed by atoms with Crippen molar-refractivity contribution >= 4 is 10.0 Å². The first-order chi connectivity index (χ1) is 9.86. The average molecular weight is 312 g/mol. The average Bonchev–Trinajstić information content (AvgIpc) is 2.42. The number of sulfonamides is 1. The molecule has 0 bridgehead atoms. The van der Waals surface area contributed by atoms with E-state index >= 15 is 0 Å². The van der Waals surface area contributed by atoms with Crippen LogP contribution in [0, 0.1) is 17.1 Å². The van der Waals surface area contributed by atoms with Gasteiger partial charge in [-0.25, -0.2) is 12.8 Å². The lowest BCUT2D eigenvalue weighted by Gasteiger charge is -2.26. The van der Waals surface area contributed by atoms with Gasteiger partial charge in [-0.3, -0.25) is 0 Å². The van der Waals surface area contributed by atoms with Crippen molar-refractivity contribution in [2.24, 2.45) is 0 Å². The van der Waals surface area contributed by atoms with Gasteiger partial charge >= 0.3 is 0 Å². The van der Waals surface area contributed by atoms with Crippen LogP contribution in [0.15, 0.2) is 23.1 Å². The first-order valence-electron chi connectivity index (χ1n) is 7.06. The van der Waals surface area contributed by atoms with Crippen molar-refractivity contribution in [3.63, 3.8) is 0 Å². The Hall–Kier alpha value is -1.45. The van der Waals surface area contributed by atoms with Crippen LogP contribution in [0.1, 0.15) is 45.6 Å². The molecule has 116 valence electrons. The zero-order chi connectivity index (χ0) is 16.0. The van der Waals surface area contributed by atoms with Crippen LogP contribution in [-0.4, -0.2) is 25.3 Å². The molecule has 0 aliphatic rings. The normalized spacial score (nSPS) is 11.9. The second kappa shape index (κ2) is 7.53. The summed E-state index contributed by atoms with van der Waals surface area (Å²) >= 11 is 0. The minimum Gasteiger partial charge on any atom is -0.207 e. The van der Waals surface area contributed by atoms with E-state index in [0.717, 1.165) is 25.3 Å². The molecular formula is C15H21FN2O2S. The van der Waals surface area contributed by atoms with E-state index in [9.17, 15) is 12.8 Å². The Morgan fingerprint density at radius 1 is 1.33 bits per heavy atom. The van der Waals surface area contributed by atoms with Gasteiger partial charge in [0.25, 0.3) is 0 Å². The fourth-order valence-corrected chi connectivity index (χ4v) is 3.96. The first-order valence-corrected chi connectivity index (χ1v) is 8.50. The lowest BCUT2D eigenvalue weighted by atomic mass is 10.2. The van der Waals surface area contributed by atoms with E-state index in [1.54, 1.807) is 19.9 Å². The Morgan fingerprint density at radius 3 is 2.52 bits per heavy atom. The Bertz CT molecular complexity index is 621. The topological polar surface area (TPSA) is 61.2 Å². The van der Waals surface area contributed by atoms with Gasteiger partial charge in [0.1, 0.15) is 22.3 Å². The molecule has 0 spiro atoms. The molecule has 6 heteroatoms. The van der Waals surface area contributed by atoms with Gasteiger partial charge in [0.15, 0.2) is 0 Å². The third-order valence-corrected chi connectivity index (χ3v) is 5.35. The summed E-state index contributed by atoms with van der Waals surface area (Å²) in [5, 5.41) is 9.02. The Labute approximate surface area is 126 Å². The van der Waals surface area contributed by atoms with Crippen molar-refractivity contribution in [1.82, 2.24) is 4.31 Å². The monoisotopic (exact) mass is 312 g/mol. The summed E-state index contributed by atoms with van der Waals surface area (Å²) in [6.07, 6.45) is 2.65. The van der Waals surface area contributed by atoms with Gasteiger partial charge in [-0.2, -0.15) is 9.57 Å². The molecule has 4 nitrogen and oxygen atoms in total. The highest BCUT2D eigenvalue weighted by Gasteiger charge is 2.29. The Morgan fingerprint density at radius 2 is 2.00 bits per heavy atom. The molecule has 0 heterocycles. The lowest BCUT2D eigenvalue weighted by Crippen LogP contribution is -2.38. The largest absolute Gasteiger partial charge is 0.244 e. The smallest absolute Gasteiger partial charge is 0.207 e. The molecule has 0 aliphatic heterocycles. The van der Waals surface area contributed by atoms with E-state index in [-0.39, 0.29) is 10.9 Å². The maximum Gasteiger partial charge on any atom is 0.244 e. The van der Waals surface area contributed by atoms with Crippen molar-refractivity contribution in [3.05, 3.63) is 29.6 Å². The van der Waals surface area contributed by atoms with Crippen LogP contribution >= 0.6 is 0 Å². The molecule has 21 heavy (non-hydrogen) atoms. The molecule has 0 saturated carbocycles. The van der Waals surface area contributed by atoms with E-state index in [4.69, 9.17) is 5.26 Å². The van der Waals surface area contributed by atoms with Crippen LogP contribution in [0.3, 0.4) is 0 Å². The summed E-state index contributed by atoms with van der Waals surface area (Å²) in [6, 6.07) is 5.09. The van der Waals surface area contributed by atoms with Crippen molar-refractivity contribution < 1.29 is 12.8 Å². The molecule has 0 aliphatic carbocycles. The molecule has 0 aromatic heterocycles. The second-order valence-electron chi connectivity index (χ2n) is 5.14. The van der Waals surface area contributed by atoms with Crippen LogP contribution in [0.4, 0.5) is 4.39 Å². The highest BCUT2D eigenvalue weighted by atomic mass is 32.2. The van der Waals surface area contributed by atoms with Crippen molar-refractivity contribution in [3.8, 4) is 6.07 Å². The number of nitriles is 1. The Balaban J connectivity index is 3.24. The predicted molar refractivity (Wildman–Crippen MR) is 79.7 cm³/mol. The number of halogens is 1. The summed E-state index contributed by atoms with van der Waals surface area (Å²) in [5.74, 6) is -0.809. The van der Waals surface area contributed by atoms with Crippen LogP contribution in [0.2, 0.25) is 0 Å². The van der Waals surface area contributed by atoms with Crippen molar-refractivity contribution in [2.45, 2.75) is 51.0 Å². The SMILES string of the molecule is CCCCCN(C(C)C)S(=O)(=O)c1cccc(F)c1C#N. The molecule has 1 rings (SSSR count). The number of nitrogens with zero attached hydrogens (tertiary/aromatic N) is 2. The first kappa shape index (κ1) is 17.6. The van der Waals surface area contributed by atoms with E-state index in [1.165, 1.54) is 16.4 Å². The lowest BCUT2D eigenvalue weighted by molar-refractivity contribution is 0.345. The summed E-state index contributed by atoms with van der Waals surface area (Å²) in [7, 11) is -3.88. The number of hydrogen-bond acceptors (Lipinski definition) is 3. The predicted octanol–water partition coefficient (Wildman–Crippen LogP) is 3.29. The fraction of sp³-hybridized carbons (Fsp3) is 0.533. The Kier molecular flexibility index (Phi) is 6.31. The third-order valence-electron chi connectivity index (χ3n) is 3.23. The highest BCUT2D eigenvalue weighted by Crippen LogP contribution is 2.24.